The standard InChI is InChI=1S/C19H14N6S/c1-3-13-5-2-9-20-18(13)14(4-1)11-21-16-6-7-17-22-23-19(25(17)24-16)15-8-10-26-12-15/h1-10,12H,11H2,(H,21,24). The molecule has 7 heteroatoms. The van der Waals surface area contributed by atoms with E-state index in [2.05, 4.69) is 43.8 Å². The molecule has 6 nitrogen and oxygen atoms in total. The average molecular weight is 358 g/mol. The molecule has 0 bridgehead atoms. The molecule has 0 fully saturated rings. The Labute approximate surface area is 153 Å². The molecule has 1 N–H and O–H groups in total. The molecule has 0 radical (unpaired) electrons. The maximum absolute atomic E-state index is 4.65. The smallest absolute Gasteiger partial charge is 0.186 e. The van der Waals surface area contributed by atoms with Crippen LogP contribution in [0.25, 0.3) is 27.9 Å². The summed E-state index contributed by atoms with van der Waals surface area (Å²) in [5.74, 6) is 1.51. The summed E-state index contributed by atoms with van der Waals surface area (Å²) in [5, 5.41) is 21.7. The van der Waals surface area contributed by atoms with Gasteiger partial charge in [0.25, 0.3) is 0 Å². The van der Waals surface area contributed by atoms with Crippen molar-refractivity contribution in [2.75, 3.05) is 5.32 Å². The summed E-state index contributed by atoms with van der Waals surface area (Å²) in [4.78, 5) is 4.50. The highest BCUT2D eigenvalue weighted by atomic mass is 32.1. The number of rotatable bonds is 4. The molecule has 0 saturated heterocycles. The highest BCUT2D eigenvalue weighted by Gasteiger charge is 2.10. The van der Waals surface area contributed by atoms with E-state index in [-0.39, 0.29) is 0 Å². The molecule has 0 aliphatic carbocycles. The van der Waals surface area contributed by atoms with Crippen LogP contribution in [0.15, 0.2) is 65.5 Å². The van der Waals surface area contributed by atoms with Crippen molar-refractivity contribution < 1.29 is 0 Å². The summed E-state index contributed by atoms with van der Waals surface area (Å²) in [5.41, 5.74) is 3.88. The van der Waals surface area contributed by atoms with Gasteiger partial charge >= 0.3 is 0 Å². The summed E-state index contributed by atoms with van der Waals surface area (Å²) in [7, 11) is 0. The Morgan fingerprint density at radius 1 is 1.00 bits per heavy atom. The number of nitrogens with zero attached hydrogens (tertiary/aromatic N) is 5. The second-order valence-corrected chi connectivity index (χ2v) is 6.65. The van der Waals surface area contributed by atoms with Crippen molar-refractivity contribution in [1.82, 2.24) is 24.8 Å². The minimum absolute atomic E-state index is 0.642. The van der Waals surface area contributed by atoms with E-state index in [1.165, 1.54) is 0 Å². The maximum atomic E-state index is 4.65. The molecule has 0 amide bonds. The number of hydrogen-bond acceptors (Lipinski definition) is 6. The lowest BCUT2D eigenvalue weighted by atomic mass is 10.1. The first kappa shape index (κ1) is 15.0. The van der Waals surface area contributed by atoms with Crippen LogP contribution in [-0.4, -0.2) is 24.8 Å². The van der Waals surface area contributed by atoms with E-state index in [1.807, 2.05) is 47.3 Å². The van der Waals surface area contributed by atoms with Crippen LogP contribution in [-0.2, 0) is 6.54 Å². The second kappa shape index (κ2) is 6.20. The molecule has 0 atom stereocenters. The van der Waals surface area contributed by atoms with E-state index in [4.69, 9.17) is 0 Å². The summed E-state index contributed by atoms with van der Waals surface area (Å²) < 4.78 is 1.77. The fourth-order valence-electron chi connectivity index (χ4n) is 2.95. The van der Waals surface area contributed by atoms with Crippen molar-refractivity contribution in [3.63, 3.8) is 0 Å². The van der Waals surface area contributed by atoms with Crippen LogP contribution < -0.4 is 5.32 Å². The van der Waals surface area contributed by atoms with Gasteiger partial charge in [-0.2, -0.15) is 15.9 Å². The third-order valence-electron chi connectivity index (χ3n) is 4.22. The average Bonchev–Trinajstić information content (AvgIpc) is 3.35. The van der Waals surface area contributed by atoms with E-state index in [9.17, 15) is 0 Å². The number of hydrogen-bond donors (Lipinski definition) is 1. The topological polar surface area (TPSA) is 68.0 Å². The fraction of sp³-hybridized carbons (Fsp3) is 0.0526. The van der Waals surface area contributed by atoms with Gasteiger partial charge in [-0.15, -0.1) is 15.3 Å². The van der Waals surface area contributed by atoms with E-state index in [1.54, 1.807) is 15.9 Å². The second-order valence-electron chi connectivity index (χ2n) is 5.87. The number of anilines is 1. The van der Waals surface area contributed by atoms with Gasteiger partial charge < -0.3 is 5.32 Å². The molecule has 126 valence electrons. The van der Waals surface area contributed by atoms with Crippen molar-refractivity contribution in [3.8, 4) is 11.4 Å². The Kier molecular flexibility index (Phi) is 3.57. The van der Waals surface area contributed by atoms with Gasteiger partial charge in [-0.25, -0.2) is 0 Å². The third-order valence-corrected chi connectivity index (χ3v) is 4.90. The first-order chi connectivity index (χ1) is 12.9. The molecular formula is C19H14N6S. The van der Waals surface area contributed by atoms with Gasteiger partial charge in [0.2, 0.25) is 0 Å². The largest absolute Gasteiger partial charge is 0.364 e. The Bertz CT molecular complexity index is 1190. The zero-order valence-electron chi connectivity index (χ0n) is 13.7. The van der Waals surface area contributed by atoms with Gasteiger partial charge in [-0.3, -0.25) is 4.98 Å². The number of fused-ring (bicyclic) bond motifs is 2. The lowest BCUT2D eigenvalue weighted by Gasteiger charge is -2.08. The van der Waals surface area contributed by atoms with Gasteiger partial charge in [-0.05, 0) is 35.2 Å². The summed E-state index contributed by atoms with van der Waals surface area (Å²) in [6.45, 7) is 0.642. The Morgan fingerprint density at radius 3 is 2.88 bits per heavy atom. The van der Waals surface area contributed by atoms with Gasteiger partial charge in [0.1, 0.15) is 5.82 Å². The molecule has 1 aromatic carbocycles. The minimum Gasteiger partial charge on any atom is -0.364 e. The van der Waals surface area contributed by atoms with E-state index in [0.717, 1.165) is 39.3 Å². The summed E-state index contributed by atoms with van der Waals surface area (Å²) in [6.07, 6.45) is 1.82. The molecule has 0 spiro atoms. The fourth-order valence-corrected chi connectivity index (χ4v) is 3.59. The number of benzene rings is 1. The van der Waals surface area contributed by atoms with Crippen molar-refractivity contribution in [3.05, 3.63) is 71.1 Å². The molecule has 0 saturated carbocycles. The number of nitrogens with one attached hydrogen (secondary N) is 1. The summed E-state index contributed by atoms with van der Waals surface area (Å²) in [6, 6.07) is 16.1. The van der Waals surface area contributed by atoms with Crippen LogP contribution in [0.4, 0.5) is 5.82 Å². The van der Waals surface area contributed by atoms with Gasteiger partial charge in [0, 0.05) is 29.1 Å². The molecule has 4 aromatic heterocycles. The molecule has 5 aromatic rings. The first-order valence-electron chi connectivity index (χ1n) is 8.20. The zero-order valence-corrected chi connectivity index (χ0v) is 14.5. The van der Waals surface area contributed by atoms with E-state index >= 15 is 0 Å². The number of aromatic nitrogens is 5. The molecule has 0 aliphatic rings. The van der Waals surface area contributed by atoms with Crippen LogP contribution in [0.2, 0.25) is 0 Å². The molecule has 0 aliphatic heterocycles. The van der Waals surface area contributed by atoms with Crippen molar-refractivity contribution >= 4 is 33.7 Å². The van der Waals surface area contributed by atoms with Crippen molar-refractivity contribution in [2.45, 2.75) is 6.54 Å². The Morgan fingerprint density at radius 2 is 1.96 bits per heavy atom. The molecule has 26 heavy (non-hydrogen) atoms. The maximum Gasteiger partial charge on any atom is 0.186 e. The molecular weight excluding hydrogens is 344 g/mol. The Hall–Kier alpha value is -3.32. The Balaban J connectivity index is 1.47. The number of para-hydroxylation sites is 1. The van der Waals surface area contributed by atoms with Crippen LogP contribution in [0.1, 0.15) is 5.56 Å². The molecule has 5 rings (SSSR count). The highest BCUT2D eigenvalue weighted by molar-refractivity contribution is 7.08. The van der Waals surface area contributed by atoms with Gasteiger partial charge in [-0.1, -0.05) is 24.3 Å². The van der Waals surface area contributed by atoms with Gasteiger partial charge in [0.15, 0.2) is 11.5 Å². The van der Waals surface area contributed by atoms with Gasteiger partial charge in [0.05, 0.1) is 5.52 Å². The predicted octanol–water partition coefficient (Wildman–Crippen LogP) is 4.01. The van der Waals surface area contributed by atoms with Crippen molar-refractivity contribution in [1.29, 1.82) is 0 Å². The predicted molar refractivity (Wildman–Crippen MR) is 103 cm³/mol. The van der Waals surface area contributed by atoms with Crippen LogP contribution in [0, 0.1) is 0 Å². The van der Waals surface area contributed by atoms with E-state index < -0.39 is 0 Å². The highest BCUT2D eigenvalue weighted by Crippen LogP contribution is 2.21. The SMILES string of the molecule is c1cnc2c(CNc3ccc4nnc(-c5ccsc5)n4n3)cccc2c1. The lowest BCUT2D eigenvalue weighted by molar-refractivity contribution is 0.926. The molecule has 0 unspecified atom stereocenters. The lowest BCUT2D eigenvalue weighted by Crippen LogP contribution is -2.05. The minimum atomic E-state index is 0.642. The summed E-state index contributed by atoms with van der Waals surface area (Å²) >= 11 is 1.63. The quantitative estimate of drug-likeness (QED) is 0.526. The zero-order chi connectivity index (χ0) is 17.3. The normalized spacial score (nSPS) is 11.2. The van der Waals surface area contributed by atoms with Crippen LogP contribution in [0.3, 0.4) is 0 Å². The third kappa shape index (κ3) is 2.58. The van der Waals surface area contributed by atoms with Crippen LogP contribution in [0.5, 0.6) is 0 Å². The monoisotopic (exact) mass is 358 g/mol. The van der Waals surface area contributed by atoms with Crippen molar-refractivity contribution in [2.24, 2.45) is 0 Å². The van der Waals surface area contributed by atoms with Crippen LogP contribution >= 0.6 is 11.3 Å². The number of thiophene rings is 1. The molecule has 4 heterocycles. The first-order valence-corrected chi connectivity index (χ1v) is 9.14. The van der Waals surface area contributed by atoms with E-state index in [0.29, 0.717) is 6.54 Å². The number of pyridine rings is 1.